The van der Waals surface area contributed by atoms with Crippen molar-refractivity contribution in [1.82, 2.24) is 19.8 Å². The first-order chi connectivity index (χ1) is 10.2. The molecule has 0 spiro atoms. The van der Waals surface area contributed by atoms with Crippen molar-refractivity contribution >= 4 is 5.91 Å². The molecule has 0 bridgehead atoms. The van der Waals surface area contributed by atoms with Crippen LogP contribution in [0.5, 0.6) is 0 Å². The molecule has 0 saturated carbocycles. The molecule has 3 heterocycles. The minimum absolute atomic E-state index is 0.295. The van der Waals surface area contributed by atoms with Crippen LogP contribution in [0.2, 0.25) is 0 Å². The van der Waals surface area contributed by atoms with E-state index in [9.17, 15) is 4.79 Å². The zero-order valence-electron chi connectivity index (χ0n) is 12.8. The molecule has 0 aliphatic carbocycles. The second kappa shape index (κ2) is 6.52. The van der Waals surface area contributed by atoms with Crippen LogP contribution in [-0.4, -0.2) is 58.4 Å². The summed E-state index contributed by atoms with van der Waals surface area (Å²) in [6.45, 7) is 6.38. The fourth-order valence-corrected chi connectivity index (χ4v) is 3.38. The molecule has 0 aromatic carbocycles. The molecule has 5 heteroatoms. The molecular weight excluding hydrogens is 264 g/mol. The number of nitrogens with zero attached hydrogens (tertiary/aromatic N) is 4. The van der Waals surface area contributed by atoms with Crippen molar-refractivity contribution in [2.45, 2.75) is 38.5 Å². The number of hydrogen-bond donors (Lipinski definition) is 0. The molecule has 1 aromatic heterocycles. The predicted molar refractivity (Wildman–Crippen MR) is 81.0 cm³/mol. The summed E-state index contributed by atoms with van der Waals surface area (Å²) in [4.78, 5) is 25.4. The molecule has 114 valence electrons. The van der Waals surface area contributed by atoms with Crippen LogP contribution >= 0.6 is 0 Å². The second-order valence-electron chi connectivity index (χ2n) is 6.25. The van der Waals surface area contributed by atoms with E-state index in [0.29, 0.717) is 18.4 Å². The summed E-state index contributed by atoms with van der Waals surface area (Å²) in [6, 6.07) is 0. The van der Waals surface area contributed by atoms with Gasteiger partial charge in [0, 0.05) is 37.9 Å². The second-order valence-corrected chi connectivity index (χ2v) is 6.25. The van der Waals surface area contributed by atoms with Crippen LogP contribution in [0.15, 0.2) is 12.4 Å². The van der Waals surface area contributed by atoms with Gasteiger partial charge < -0.3 is 4.90 Å². The third kappa shape index (κ3) is 3.59. The highest BCUT2D eigenvalue weighted by Gasteiger charge is 2.26. The molecule has 1 aromatic rings. The summed E-state index contributed by atoms with van der Waals surface area (Å²) in [5.74, 6) is 0.709. The van der Waals surface area contributed by atoms with Crippen molar-refractivity contribution in [2.75, 3.05) is 32.7 Å². The molecule has 2 saturated heterocycles. The summed E-state index contributed by atoms with van der Waals surface area (Å²) < 4.78 is 0. The Labute approximate surface area is 126 Å². The summed E-state index contributed by atoms with van der Waals surface area (Å²) >= 11 is 0. The summed E-state index contributed by atoms with van der Waals surface area (Å²) in [5, 5.41) is 0. The number of aryl methyl sites for hydroxylation is 1. The lowest BCUT2D eigenvalue weighted by Crippen LogP contribution is -2.43. The number of carbonyl (C=O) groups excluding carboxylic acids is 1. The van der Waals surface area contributed by atoms with Crippen molar-refractivity contribution in [3.63, 3.8) is 0 Å². The Balaban J connectivity index is 1.59. The van der Waals surface area contributed by atoms with E-state index in [1.165, 1.54) is 0 Å². The smallest absolute Gasteiger partial charge is 0.236 e. The Kier molecular flexibility index (Phi) is 4.48. The maximum Gasteiger partial charge on any atom is 0.236 e. The number of carbonyl (C=O) groups is 1. The van der Waals surface area contributed by atoms with Gasteiger partial charge in [0.25, 0.3) is 0 Å². The fraction of sp³-hybridized carbons (Fsp3) is 0.688. The minimum Gasteiger partial charge on any atom is -0.342 e. The van der Waals surface area contributed by atoms with Crippen LogP contribution in [0.1, 0.15) is 43.0 Å². The first-order valence-electron chi connectivity index (χ1n) is 8.01. The van der Waals surface area contributed by atoms with Crippen molar-refractivity contribution in [2.24, 2.45) is 0 Å². The van der Waals surface area contributed by atoms with Gasteiger partial charge >= 0.3 is 0 Å². The Morgan fingerprint density at radius 2 is 2.05 bits per heavy atom. The lowest BCUT2D eigenvalue weighted by atomic mass is 9.95. The highest BCUT2D eigenvalue weighted by molar-refractivity contribution is 5.78. The molecule has 0 N–H and O–H groups in total. The summed E-state index contributed by atoms with van der Waals surface area (Å²) in [6.07, 6.45) is 8.27. The third-order valence-corrected chi connectivity index (χ3v) is 4.52. The van der Waals surface area contributed by atoms with E-state index in [1.54, 1.807) is 6.20 Å². The van der Waals surface area contributed by atoms with Gasteiger partial charge in [-0.2, -0.15) is 0 Å². The van der Waals surface area contributed by atoms with Crippen molar-refractivity contribution in [3.05, 3.63) is 23.8 Å². The number of piperidine rings is 1. The van der Waals surface area contributed by atoms with E-state index in [4.69, 9.17) is 0 Å². The lowest BCUT2D eigenvalue weighted by Gasteiger charge is -2.32. The molecule has 2 aliphatic rings. The standard InChI is InChI=1S/C16H24N4O/c1-13-9-17-10-15(18-13)14-5-4-6-19(11-14)12-16(21)20-7-2-3-8-20/h9-10,14H,2-8,11-12H2,1H3. The van der Waals surface area contributed by atoms with Gasteiger partial charge in [0.2, 0.25) is 5.91 Å². The van der Waals surface area contributed by atoms with Gasteiger partial charge in [0.1, 0.15) is 0 Å². The average molecular weight is 288 g/mol. The fourth-order valence-electron chi connectivity index (χ4n) is 3.38. The quantitative estimate of drug-likeness (QED) is 0.847. The van der Waals surface area contributed by atoms with Crippen LogP contribution in [0, 0.1) is 6.92 Å². The first-order valence-corrected chi connectivity index (χ1v) is 8.01. The molecule has 2 fully saturated rings. The molecular formula is C16H24N4O. The van der Waals surface area contributed by atoms with E-state index in [0.717, 1.165) is 63.3 Å². The number of amides is 1. The van der Waals surface area contributed by atoms with E-state index in [1.807, 2.05) is 18.0 Å². The number of aromatic nitrogens is 2. The summed E-state index contributed by atoms with van der Waals surface area (Å²) in [5.41, 5.74) is 2.05. The highest BCUT2D eigenvalue weighted by atomic mass is 16.2. The Morgan fingerprint density at radius 3 is 2.81 bits per heavy atom. The topological polar surface area (TPSA) is 49.3 Å². The molecule has 2 aliphatic heterocycles. The first kappa shape index (κ1) is 14.4. The van der Waals surface area contributed by atoms with E-state index >= 15 is 0 Å². The number of likely N-dealkylation sites (tertiary alicyclic amines) is 2. The SMILES string of the molecule is Cc1cncc(C2CCCN(CC(=O)N3CCCC3)C2)n1. The van der Waals surface area contributed by atoms with Crippen molar-refractivity contribution in [1.29, 1.82) is 0 Å². The molecule has 1 atom stereocenters. The Hall–Kier alpha value is -1.49. The monoisotopic (exact) mass is 288 g/mol. The van der Waals surface area contributed by atoms with Gasteiger partial charge in [-0.1, -0.05) is 0 Å². The van der Waals surface area contributed by atoms with Crippen LogP contribution in [-0.2, 0) is 4.79 Å². The zero-order valence-corrected chi connectivity index (χ0v) is 12.8. The van der Waals surface area contributed by atoms with E-state index in [2.05, 4.69) is 14.9 Å². The normalized spacial score (nSPS) is 23.5. The third-order valence-electron chi connectivity index (χ3n) is 4.52. The van der Waals surface area contributed by atoms with Gasteiger partial charge in [-0.25, -0.2) is 0 Å². The van der Waals surface area contributed by atoms with E-state index in [-0.39, 0.29) is 0 Å². The average Bonchev–Trinajstić information content (AvgIpc) is 3.02. The Bertz CT molecular complexity index is 499. The number of rotatable bonds is 3. The van der Waals surface area contributed by atoms with Gasteiger partial charge in [-0.3, -0.25) is 19.7 Å². The Morgan fingerprint density at radius 1 is 1.24 bits per heavy atom. The van der Waals surface area contributed by atoms with Crippen LogP contribution in [0.25, 0.3) is 0 Å². The number of hydrogen-bond acceptors (Lipinski definition) is 4. The molecule has 3 rings (SSSR count). The van der Waals surface area contributed by atoms with Gasteiger partial charge in [-0.05, 0) is 39.2 Å². The minimum atomic E-state index is 0.295. The zero-order chi connectivity index (χ0) is 14.7. The van der Waals surface area contributed by atoms with Gasteiger partial charge in [0.15, 0.2) is 0 Å². The largest absolute Gasteiger partial charge is 0.342 e. The van der Waals surface area contributed by atoms with Crippen LogP contribution in [0.4, 0.5) is 0 Å². The molecule has 21 heavy (non-hydrogen) atoms. The van der Waals surface area contributed by atoms with Gasteiger partial charge in [0.05, 0.1) is 17.9 Å². The maximum atomic E-state index is 12.3. The highest BCUT2D eigenvalue weighted by Crippen LogP contribution is 2.25. The predicted octanol–water partition coefficient (Wildman–Crippen LogP) is 1.59. The van der Waals surface area contributed by atoms with Gasteiger partial charge in [-0.15, -0.1) is 0 Å². The lowest BCUT2D eigenvalue weighted by molar-refractivity contribution is -0.131. The molecule has 1 amide bonds. The van der Waals surface area contributed by atoms with Crippen molar-refractivity contribution in [3.8, 4) is 0 Å². The maximum absolute atomic E-state index is 12.3. The molecule has 1 unspecified atom stereocenters. The molecule has 0 radical (unpaired) electrons. The van der Waals surface area contributed by atoms with Crippen LogP contribution in [0.3, 0.4) is 0 Å². The summed E-state index contributed by atoms with van der Waals surface area (Å²) in [7, 11) is 0. The molecule has 5 nitrogen and oxygen atoms in total. The van der Waals surface area contributed by atoms with Crippen molar-refractivity contribution < 1.29 is 4.79 Å². The van der Waals surface area contributed by atoms with Crippen LogP contribution < -0.4 is 0 Å². The van der Waals surface area contributed by atoms with E-state index < -0.39 is 0 Å².